The van der Waals surface area contributed by atoms with Crippen molar-refractivity contribution in [2.24, 2.45) is 0 Å². The first kappa shape index (κ1) is 13.7. The molecule has 19 heavy (non-hydrogen) atoms. The van der Waals surface area contributed by atoms with Crippen LogP contribution in [0.3, 0.4) is 0 Å². The van der Waals surface area contributed by atoms with Gasteiger partial charge in [0.1, 0.15) is 4.60 Å². The number of nitrogens with zero attached hydrogens (tertiary/aromatic N) is 1. The molecular formula is C14H15BrN2O2. The maximum atomic E-state index is 9.58. The highest BCUT2D eigenvalue weighted by Crippen LogP contribution is 2.30. The first-order valence-electron chi connectivity index (χ1n) is 5.85. The lowest BCUT2D eigenvalue weighted by atomic mass is 10.1. The summed E-state index contributed by atoms with van der Waals surface area (Å²) < 4.78 is 5.91. The van der Waals surface area contributed by atoms with Crippen molar-refractivity contribution in [3.8, 4) is 11.5 Å². The molecule has 1 heterocycles. The molecule has 4 nitrogen and oxygen atoms in total. The van der Waals surface area contributed by atoms with E-state index in [1.54, 1.807) is 12.3 Å². The highest BCUT2D eigenvalue weighted by Gasteiger charge is 2.09. The Morgan fingerprint density at radius 1 is 1.32 bits per heavy atom. The maximum absolute atomic E-state index is 9.58. The summed E-state index contributed by atoms with van der Waals surface area (Å²) in [4.78, 5) is 4.16. The van der Waals surface area contributed by atoms with Crippen LogP contribution in [0.4, 0.5) is 5.69 Å². The molecule has 0 spiro atoms. The Morgan fingerprint density at radius 2 is 2.11 bits per heavy atom. The number of benzene rings is 1. The number of halogens is 1. The lowest BCUT2D eigenvalue weighted by Gasteiger charge is -2.16. The Balaban J connectivity index is 2.15. The summed E-state index contributed by atoms with van der Waals surface area (Å²) in [5.74, 6) is 0.615. The van der Waals surface area contributed by atoms with Crippen molar-refractivity contribution >= 4 is 21.6 Å². The predicted octanol–water partition coefficient (Wildman–Crippen LogP) is 3.73. The van der Waals surface area contributed by atoms with E-state index in [2.05, 4.69) is 26.2 Å². The van der Waals surface area contributed by atoms with E-state index in [0.29, 0.717) is 5.75 Å². The fourth-order valence-corrected chi connectivity index (χ4v) is 1.99. The molecule has 1 atom stereocenters. The molecule has 5 heteroatoms. The second-order valence-corrected chi connectivity index (χ2v) is 4.98. The predicted molar refractivity (Wildman–Crippen MR) is 78.6 cm³/mol. The fraction of sp³-hybridized carbons (Fsp3) is 0.214. The zero-order valence-corrected chi connectivity index (χ0v) is 12.3. The number of rotatable bonds is 4. The lowest BCUT2D eigenvalue weighted by molar-refractivity contribution is 0.373. The maximum Gasteiger partial charge on any atom is 0.160 e. The Bertz CT molecular complexity index is 558. The number of pyridine rings is 1. The molecule has 0 aliphatic heterocycles. The van der Waals surface area contributed by atoms with Crippen LogP contribution in [0, 0.1) is 0 Å². The molecule has 1 unspecified atom stereocenters. The fourth-order valence-electron chi connectivity index (χ4n) is 1.76. The average molecular weight is 323 g/mol. The van der Waals surface area contributed by atoms with E-state index in [0.717, 1.165) is 15.9 Å². The molecule has 0 bridgehead atoms. The van der Waals surface area contributed by atoms with Crippen LogP contribution in [0.5, 0.6) is 11.5 Å². The van der Waals surface area contributed by atoms with Crippen LogP contribution in [-0.4, -0.2) is 17.2 Å². The molecule has 0 amide bonds. The molecule has 0 fully saturated rings. The van der Waals surface area contributed by atoms with E-state index in [1.807, 2.05) is 31.2 Å². The minimum Gasteiger partial charge on any atom is -0.504 e. The number of hydrogen-bond acceptors (Lipinski definition) is 4. The van der Waals surface area contributed by atoms with Crippen molar-refractivity contribution in [3.63, 3.8) is 0 Å². The lowest BCUT2D eigenvalue weighted by Crippen LogP contribution is -2.06. The summed E-state index contributed by atoms with van der Waals surface area (Å²) in [7, 11) is 1.54. The minimum absolute atomic E-state index is 0.0810. The first-order valence-corrected chi connectivity index (χ1v) is 6.64. The Morgan fingerprint density at radius 3 is 2.74 bits per heavy atom. The highest BCUT2D eigenvalue weighted by molar-refractivity contribution is 9.10. The molecule has 100 valence electrons. The van der Waals surface area contributed by atoms with Gasteiger partial charge >= 0.3 is 0 Å². The SMILES string of the molecule is COc1cc(C(C)Nc2ccc(Br)nc2)ccc1O. The van der Waals surface area contributed by atoms with Crippen LogP contribution in [0.2, 0.25) is 0 Å². The first-order chi connectivity index (χ1) is 9.10. The third-order valence-corrected chi connectivity index (χ3v) is 3.28. The van der Waals surface area contributed by atoms with Crippen LogP contribution in [0.25, 0.3) is 0 Å². The molecule has 1 aromatic carbocycles. The van der Waals surface area contributed by atoms with E-state index in [9.17, 15) is 5.11 Å². The van der Waals surface area contributed by atoms with Crippen molar-refractivity contribution in [1.82, 2.24) is 4.98 Å². The van der Waals surface area contributed by atoms with E-state index in [1.165, 1.54) is 7.11 Å². The van der Waals surface area contributed by atoms with Gasteiger partial charge in [-0.25, -0.2) is 4.98 Å². The van der Waals surface area contributed by atoms with E-state index in [4.69, 9.17) is 4.74 Å². The van der Waals surface area contributed by atoms with Crippen molar-refractivity contribution in [2.75, 3.05) is 12.4 Å². The van der Waals surface area contributed by atoms with E-state index < -0.39 is 0 Å². The summed E-state index contributed by atoms with van der Waals surface area (Å²) in [6.07, 6.45) is 1.76. The molecule has 0 saturated heterocycles. The van der Waals surface area contributed by atoms with Crippen LogP contribution >= 0.6 is 15.9 Å². The topological polar surface area (TPSA) is 54.4 Å². The van der Waals surface area contributed by atoms with Gasteiger partial charge in [0, 0.05) is 6.04 Å². The minimum atomic E-state index is 0.0810. The zero-order chi connectivity index (χ0) is 13.8. The molecule has 0 aliphatic carbocycles. The van der Waals surface area contributed by atoms with Crippen LogP contribution < -0.4 is 10.1 Å². The average Bonchev–Trinajstić information content (AvgIpc) is 2.42. The number of phenols is 1. The number of nitrogens with one attached hydrogen (secondary N) is 1. The number of aromatic nitrogens is 1. The van der Waals surface area contributed by atoms with Crippen molar-refractivity contribution < 1.29 is 9.84 Å². The Hall–Kier alpha value is -1.75. The summed E-state index contributed by atoms with van der Waals surface area (Å²) in [6, 6.07) is 9.22. The van der Waals surface area contributed by atoms with Gasteiger partial charge in [-0.3, -0.25) is 0 Å². The quantitative estimate of drug-likeness (QED) is 0.842. The number of methoxy groups -OCH3 is 1. The van der Waals surface area contributed by atoms with Gasteiger partial charge in [-0.1, -0.05) is 6.07 Å². The van der Waals surface area contributed by atoms with Crippen LogP contribution in [0.15, 0.2) is 41.1 Å². The van der Waals surface area contributed by atoms with Gasteiger partial charge in [0.15, 0.2) is 11.5 Å². The third-order valence-electron chi connectivity index (χ3n) is 2.81. The van der Waals surface area contributed by atoms with Crippen LogP contribution in [-0.2, 0) is 0 Å². The summed E-state index contributed by atoms with van der Waals surface area (Å²) in [6.45, 7) is 2.04. The second kappa shape index (κ2) is 5.93. The molecular weight excluding hydrogens is 308 g/mol. The number of hydrogen-bond donors (Lipinski definition) is 2. The van der Waals surface area contributed by atoms with Gasteiger partial charge in [-0.2, -0.15) is 0 Å². The van der Waals surface area contributed by atoms with Crippen LogP contribution in [0.1, 0.15) is 18.5 Å². The third kappa shape index (κ3) is 3.38. The smallest absolute Gasteiger partial charge is 0.160 e. The molecule has 1 aromatic heterocycles. The second-order valence-electron chi connectivity index (χ2n) is 4.17. The van der Waals surface area contributed by atoms with Crippen molar-refractivity contribution in [3.05, 3.63) is 46.7 Å². The molecule has 0 aliphatic rings. The van der Waals surface area contributed by atoms with Gasteiger partial charge < -0.3 is 15.2 Å². The standard InChI is InChI=1S/C14H15BrN2O2/c1-9(17-11-4-6-14(15)16-8-11)10-3-5-12(18)13(7-10)19-2/h3-9,17-18H,1-2H3. The number of phenolic OH excluding ortho intramolecular Hbond substituents is 1. The van der Waals surface area contributed by atoms with Gasteiger partial charge in [0.2, 0.25) is 0 Å². The zero-order valence-electron chi connectivity index (χ0n) is 10.7. The van der Waals surface area contributed by atoms with Gasteiger partial charge in [-0.15, -0.1) is 0 Å². The normalized spacial score (nSPS) is 11.9. The van der Waals surface area contributed by atoms with E-state index >= 15 is 0 Å². The molecule has 2 rings (SSSR count). The van der Waals surface area contributed by atoms with Gasteiger partial charge in [-0.05, 0) is 52.7 Å². The van der Waals surface area contributed by atoms with Crippen molar-refractivity contribution in [1.29, 1.82) is 0 Å². The molecule has 2 aromatic rings. The summed E-state index contributed by atoms with van der Waals surface area (Å²) in [5.41, 5.74) is 1.96. The monoisotopic (exact) mass is 322 g/mol. The van der Waals surface area contributed by atoms with Gasteiger partial charge in [0.25, 0.3) is 0 Å². The molecule has 0 saturated carbocycles. The Kier molecular flexibility index (Phi) is 4.27. The summed E-state index contributed by atoms with van der Waals surface area (Å²) >= 11 is 3.30. The summed E-state index contributed by atoms with van der Waals surface area (Å²) in [5, 5.41) is 12.9. The number of anilines is 1. The largest absolute Gasteiger partial charge is 0.504 e. The highest BCUT2D eigenvalue weighted by atomic mass is 79.9. The molecule has 2 N–H and O–H groups in total. The Labute approximate surface area is 120 Å². The number of aromatic hydroxyl groups is 1. The molecule has 0 radical (unpaired) electrons. The van der Waals surface area contributed by atoms with Gasteiger partial charge in [0.05, 0.1) is 19.0 Å². The van der Waals surface area contributed by atoms with E-state index in [-0.39, 0.29) is 11.8 Å². The van der Waals surface area contributed by atoms with Crippen molar-refractivity contribution in [2.45, 2.75) is 13.0 Å². The number of ether oxygens (including phenoxy) is 1.